The van der Waals surface area contributed by atoms with Crippen molar-refractivity contribution in [2.24, 2.45) is 12.8 Å². The van der Waals surface area contributed by atoms with Gasteiger partial charge in [0.05, 0.1) is 12.2 Å². The average Bonchev–Trinajstić information content (AvgIpc) is 2.83. The molecule has 110 valence electrons. The largest absolute Gasteiger partial charge is 0.464 e. The fourth-order valence-electron chi connectivity index (χ4n) is 2.61. The number of hydrogen-bond acceptors (Lipinski definition) is 4. The van der Waals surface area contributed by atoms with E-state index in [-0.39, 0.29) is 6.04 Å². The van der Waals surface area contributed by atoms with Crippen LogP contribution in [0, 0.1) is 13.8 Å². The van der Waals surface area contributed by atoms with Crippen LogP contribution >= 0.6 is 0 Å². The van der Waals surface area contributed by atoms with E-state index in [2.05, 4.69) is 17.0 Å². The van der Waals surface area contributed by atoms with Crippen LogP contribution in [0.15, 0.2) is 16.5 Å². The monoisotopic (exact) mass is 276 g/mol. The van der Waals surface area contributed by atoms with E-state index in [1.165, 1.54) is 5.56 Å². The first-order valence-corrected chi connectivity index (χ1v) is 6.93. The first-order chi connectivity index (χ1) is 9.38. The molecule has 0 bridgehead atoms. The first kappa shape index (κ1) is 14.7. The summed E-state index contributed by atoms with van der Waals surface area (Å²) in [7, 11) is 4.02. The van der Waals surface area contributed by atoms with Crippen molar-refractivity contribution in [3.8, 4) is 0 Å². The second-order valence-electron chi connectivity index (χ2n) is 5.56. The molecule has 0 fully saturated rings. The Morgan fingerprint density at radius 2 is 2.10 bits per heavy atom. The minimum atomic E-state index is 0.121. The zero-order chi connectivity index (χ0) is 14.9. The molecule has 0 saturated heterocycles. The molecule has 2 N–H and O–H groups in total. The molecule has 5 nitrogen and oxygen atoms in total. The van der Waals surface area contributed by atoms with Crippen LogP contribution in [0.5, 0.6) is 0 Å². The number of aromatic nitrogens is 2. The van der Waals surface area contributed by atoms with Crippen molar-refractivity contribution in [2.45, 2.75) is 39.8 Å². The normalized spacial score (nSPS) is 12.7. The second-order valence-corrected chi connectivity index (χ2v) is 5.56. The van der Waals surface area contributed by atoms with Crippen molar-refractivity contribution in [2.75, 3.05) is 11.9 Å². The summed E-state index contributed by atoms with van der Waals surface area (Å²) in [5, 5.41) is 4.52. The Morgan fingerprint density at radius 1 is 1.40 bits per heavy atom. The lowest BCUT2D eigenvalue weighted by Gasteiger charge is -2.20. The van der Waals surface area contributed by atoms with Gasteiger partial charge in [0.1, 0.15) is 17.3 Å². The molecule has 1 unspecified atom stereocenters. The van der Waals surface area contributed by atoms with Crippen LogP contribution in [0.2, 0.25) is 0 Å². The van der Waals surface area contributed by atoms with E-state index in [0.29, 0.717) is 0 Å². The van der Waals surface area contributed by atoms with E-state index in [1.807, 2.05) is 44.6 Å². The average molecular weight is 276 g/mol. The Kier molecular flexibility index (Phi) is 4.18. The molecule has 0 aliphatic rings. The van der Waals surface area contributed by atoms with Gasteiger partial charge in [0.25, 0.3) is 0 Å². The highest BCUT2D eigenvalue weighted by atomic mass is 16.3. The summed E-state index contributed by atoms with van der Waals surface area (Å²) in [6, 6.07) is 4.12. The molecule has 0 aliphatic heterocycles. The van der Waals surface area contributed by atoms with Gasteiger partial charge in [0.15, 0.2) is 0 Å². The maximum absolute atomic E-state index is 5.95. The molecule has 2 heterocycles. The van der Waals surface area contributed by atoms with Gasteiger partial charge in [0, 0.05) is 25.7 Å². The molecule has 0 aromatic carbocycles. The zero-order valence-corrected chi connectivity index (χ0v) is 13.0. The Hall–Kier alpha value is -1.75. The Bertz CT molecular complexity index is 583. The number of nitrogens with two attached hydrogens (primary N) is 1. The highest BCUT2D eigenvalue weighted by molar-refractivity contribution is 5.50. The molecular weight excluding hydrogens is 252 g/mol. The van der Waals surface area contributed by atoms with Gasteiger partial charge in [-0.05, 0) is 39.3 Å². The molecule has 0 aliphatic carbocycles. The van der Waals surface area contributed by atoms with E-state index >= 15 is 0 Å². The number of hydrogen-bond donors (Lipinski definition) is 1. The number of nitrogens with zero attached hydrogens (tertiary/aromatic N) is 3. The first-order valence-electron chi connectivity index (χ1n) is 6.93. The van der Waals surface area contributed by atoms with Crippen LogP contribution in [-0.2, 0) is 20.0 Å². The molecule has 0 spiro atoms. The summed E-state index contributed by atoms with van der Waals surface area (Å²) < 4.78 is 7.57. The van der Waals surface area contributed by atoms with Crippen LogP contribution in [-0.4, -0.2) is 22.9 Å². The summed E-state index contributed by atoms with van der Waals surface area (Å²) in [6.07, 6.45) is 0.830. The van der Waals surface area contributed by atoms with Gasteiger partial charge in [-0.2, -0.15) is 5.10 Å². The minimum absolute atomic E-state index is 0.121. The molecule has 2 aromatic rings. The van der Waals surface area contributed by atoms with Crippen molar-refractivity contribution in [1.29, 1.82) is 0 Å². The number of furan rings is 1. The molecular formula is C15H24N4O. The van der Waals surface area contributed by atoms with E-state index in [0.717, 1.165) is 36.0 Å². The number of rotatable bonds is 5. The van der Waals surface area contributed by atoms with Gasteiger partial charge in [-0.3, -0.25) is 4.68 Å². The zero-order valence-electron chi connectivity index (χ0n) is 13.0. The molecule has 0 radical (unpaired) electrons. The summed E-state index contributed by atoms with van der Waals surface area (Å²) in [5.41, 5.74) is 8.21. The van der Waals surface area contributed by atoms with Crippen LogP contribution < -0.4 is 10.6 Å². The van der Waals surface area contributed by atoms with Crippen molar-refractivity contribution in [3.05, 3.63) is 34.9 Å². The summed E-state index contributed by atoms with van der Waals surface area (Å²) in [6.45, 7) is 6.73. The maximum Gasteiger partial charge on any atom is 0.130 e. The van der Waals surface area contributed by atoms with Crippen LogP contribution in [0.1, 0.15) is 29.7 Å². The highest BCUT2D eigenvalue weighted by Crippen LogP contribution is 2.25. The van der Waals surface area contributed by atoms with Gasteiger partial charge < -0.3 is 15.1 Å². The van der Waals surface area contributed by atoms with E-state index in [9.17, 15) is 0 Å². The quantitative estimate of drug-likeness (QED) is 0.909. The molecule has 0 saturated carbocycles. The van der Waals surface area contributed by atoms with E-state index in [1.54, 1.807) is 0 Å². The van der Waals surface area contributed by atoms with E-state index in [4.69, 9.17) is 10.2 Å². The predicted molar refractivity (Wildman–Crippen MR) is 80.9 cm³/mol. The number of aryl methyl sites for hydroxylation is 3. The Labute approximate surface area is 120 Å². The third kappa shape index (κ3) is 3.04. The summed E-state index contributed by atoms with van der Waals surface area (Å²) in [5.74, 6) is 3.00. The van der Waals surface area contributed by atoms with Crippen molar-refractivity contribution in [3.63, 3.8) is 0 Å². The lowest BCUT2D eigenvalue weighted by Crippen LogP contribution is -2.23. The third-order valence-corrected chi connectivity index (χ3v) is 3.39. The van der Waals surface area contributed by atoms with Gasteiger partial charge >= 0.3 is 0 Å². The Morgan fingerprint density at radius 3 is 2.65 bits per heavy atom. The second kappa shape index (κ2) is 5.71. The molecule has 0 amide bonds. The molecule has 5 heteroatoms. The molecule has 1 atom stereocenters. The van der Waals surface area contributed by atoms with Crippen molar-refractivity contribution in [1.82, 2.24) is 9.78 Å². The molecule has 2 rings (SSSR count). The predicted octanol–water partition coefficient (Wildman–Crippen LogP) is 2.16. The standard InChI is InChI=1S/C15H24N4O/c1-10(16)8-14-12(3)17-19(5)15(14)18(4)9-13-7-6-11(2)20-13/h6-7,10H,8-9,16H2,1-5H3. The van der Waals surface area contributed by atoms with Gasteiger partial charge in [0.2, 0.25) is 0 Å². The van der Waals surface area contributed by atoms with Crippen molar-refractivity contribution < 1.29 is 4.42 Å². The van der Waals surface area contributed by atoms with Crippen molar-refractivity contribution >= 4 is 5.82 Å². The lowest BCUT2D eigenvalue weighted by atomic mass is 10.1. The van der Waals surface area contributed by atoms with Crippen LogP contribution in [0.25, 0.3) is 0 Å². The van der Waals surface area contributed by atoms with Crippen LogP contribution in [0.3, 0.4) is 0 Å². The lowest BCUT2D eigenvalue weighted by molar-refractivity contribution is 0.480. The summed E-state index contributed by atoms with van der Waals surface area (Å²) >= 11 is 0. The van der Waals surface area contributed by atoms with E-state index < -0.39 is 0 Å². The minimum Gasteiger partial charge on any atom is -0.464 e. The van der Waals surface area contributed by atoms with Crippen LogP contribution in [0.4, 0.5) is 5.82 Å². The third-order valence-electron chi connectivity index (χ3n) is 3.39. The highest BCUT2D eigenvalue weighted by Gasteiger charge is 2.18. The smallest absolute Gasteiger partial charge is 0.130 e. The van der Waals surface area contributed by atoms with Gasteiger partial charge in [-0.15, -0.1) is 0 Å². The molecule has 20 heavy (non-hydrogen) atoms. The topological polar surface area (TPSA) is 60.2 Å². The fourth-order valence-corrected chi connectivity index (χ4v) is 2.61. The Balaban J connectivity index is 2.26. The maximum atomic E-state index is 5.95. The SMILES string of the molecule is Cc1ccc(CN(C)c2c(CC(C)N)c(C)nn2C)o1. The fraction of sp³-hybridized carbons (Fsp3) is 0.533. The van der Waals surface area contributed by atoms with Gasteiger partial charge in [-0.25, -0.2) is 0 Å². The van der Waals surface area contributed by atoms with Gasteiger partial charge in [-0.1, -0.05) is 0 Å². The summed E-state index contributed by atoms with van der Waals surface area (Å²) in [4.78, 5) is 2.16. The molecule has 2 aromatic heterocycles. The number of anilines is 1.